The smallest absolute Gasteiger partial charge is 0.212 e. The van der Waals surface area contributed by atoms with Gasteiger partial charge in [0, 0.05) is 34.7 Å². The fraction of sp³-hybridized carbons (Fsp3) is 0.111. The van der Waals surface area contributed by atoms with Crippen molar-refractivity contribution in [1.29, 1.82) is 0 Å². The van der Waals surface area contributed by atoms with E-state index in [1.165, 1.54) is 16.8 Å². The zero-order valence-electron chi connectivity index (χ0n) is 12.0. The highest BCUT2D eigenvalue weighted by Crippen LogP contribution is 2.33. The molecule has 0 aliphatic rings. The predicted molar refractivity (Wildman–Crippen MR) is 82.9 cm³/mol. The summed E-state index contributed by atoms with van der Waals surface area (Å²) in [6.45, 7) is 2.12. The molecule has 1 aromatic carbocycles. The van der Waals surface area contributed by atoms with Gasteiger partial charge in [0.05, 0.1) is 6.20 Å². The highest BCUT2D eigenvalue weighted by Gasteiger charge is 2.15. The van der Waals surface area contributed by atoms with Gasteiger partial charge in [-0.15, -0.1) is 0 Å². The molecule has 3 heterocycles. The maximum absolute atomic E-state index is 5.89. The van der Waals surface area contributed by atoms with Crippen LogP contribution >= 0.6 is 0 Å². The minimum absolute atomic E-state index is 0.835. The summed E-state index contributed by atoms with van der Waals surface area (Å²) in [4.78, 5) is 4.13. The number of nitrogens with zero attached hydrogens (tertiary/aromatic N) is 2. The third-order valence-electron chi connectivity index (χ3n) is 3.95. The Morgan fingerprint density at radius 2 is 1.95 bits per heavy atom. The van der Waals surface area contributed by atoms with E-state index >= 15 is 0 Å². The first-order valence-electron chi connectivity index (χ1n) is 6.96. The molecule has 3 aromatic heterocycles. The molecule has 0 fully saturated rings. The van der Waals surface area contributed by atoms with Gasteiger partial charge >= 0.3 is 0 Å². The molecule has 0 aliphatic heterocycles. The number of furan rings is 1. The van der Waals surface area contributed by atoms with Crippen molar-refractivity contribution in [3.05, 3.63) is 60.6 Å². The SMILES string of the molecule is Cc1cc2oc3cnccc3c2cc1-c1cccc[n+]1C. The number of hydrogen-bond donors (Lipinski definition) is 0. The Labute approximate surface area is 122 Å². The third kappa shape index (κ3) is 1.82. The fourth-order valence-corrected chi connectivity index (χ4v) is 2.86. The molecule has 3 nitrogen and oxygen atoms in total. The standard InChI is InChI=1S/C18H15N2O/c1-12-9-17-15(13-6-7-19-11-18(13)21-17)10-14(12)16-5-3-4-8-20(16)2/h3-11H,1-2H3/q+1. The van der Waals surface area contributed by atoms with Crippen molar-refractivity contribution >= 4 is 21.9 Å². The average Bonchev–Trinajstić information content (AvgIpc) is 2.84. The van der Waals surface area contributed by atoms with Gasteiger partial charge in [-0.1, -0.05) is 0 Å². The normalized spacial score (nSPS) is 11.3. The zero-order valence-corrected chi connectivity index (χ0v) is 12.0. The molecular weight excluding hydrogens is 260 g/mol. The van der Waals surface area contributed by atoms with Gasteiger partial charge in [0.2, 0.25) is 5.69 Å². The molecule has 0 saturated heterocycles. The van der Waals surface area contributed by atoms with Crippen LogP contribution in [0.3, 0.4) is 0 Å². The lowest BCUT2D eigenvalue weighted by Crippen LogP contribution is -2.30. The number of rotatable bonds is 1. The van der Waals surface area contributed by atoms with E-state index in [9.17, 15) is 0 Å². The number of aromatic nitrogens is 2. The first kappa shape index (κ1) is 12.1. The van der Waals surface area contributed by atoms with Gasteiger partial charge < -0.3 is 4.42 Å². The van der Waals surface area contributed by atoms with Crippen LogP contribution in [0.1, 0.15) is 5.56 Å². The van der Waals surface area contributed by atoms with Crippen molar-refractivity contribution in [2.24, 2.45) is 7.05 Å². The highest BCUT2D eigenvalue weighted by molar-refractivity contribution is 6.06. The molecule has 0 aliphatic carbocycles. The van der Waals surface area contributed by atoms with Crippen LogP contribution in [0.5, 0.6) is 0 Å². The van der Waals surface area contributed by atoms with Gasteiger partial charge in [0.1, 0.15) is 12.6 Å². The van der Waals surface area contributed by atoms with Crippen LogP contribution in [-0.4, -0.2) is 4.98 Å². The molecule has 0 saturated carbocycles. The van der Waals surface area contributed by atoms with Crippen LogP contribution in [0.2, 0.25) is 0 Å². The lowest BCUT2D eigenvalue weighted by atomic mass is 10.0. The Kier molecular flexibility index (Phi) is 2.54. The van der Waals surface area contributed by atoms with E-state index in [4.69, 9.17) is 4.42 Å². The molecule has 0 unspecified atom stereocenters. The van der Waals surface area contributed by atoms with E-state index in [1.54, 1.807) is 12.4 Å². The molecule has 102 valence electrons. The largest absolute Gasteiger partial charge is 0.454 e. The Balaban J connectivity index is 2.08. The summed E-state index contributed by atoms with van der Waals surface area (Å²) in [6.07, 6.45) is 5.64. The molecule has 0 amide bonds. The Bertz CT molecular complexity index is 969. The molecule has 3 heteroatoms. The first-order valence-corrected chi connectivity index (χ1v) is 6.96. The second-order valence-corrected chi connectivity index (χ2v) is 5.33. The molecule has 0 N–H and O–H groups in total. The summed E-state index contributed by atoms with van der Waals surface area (Å²) in [5.74, 6) is 0. The van der Waals surface area contributed by atoms with Crippen LogP contribution in [0.25, 0.3) is 33.2 Å². The van der Waals surface area contributed by atoms with E-state index in [0.717, 1.165) is 21.9 Å². The maximum Gasteiger partial charge on any atom is 0.212 e. The molecule has 0 radical (unpaired) electrons. The van der Waals surface area contributed by atoms with E-state index in [0.29, 0.717) is 0 Å². The number of pyridine rings is 2. The first-order chi connectivity index (χ1) is 10.2. The zero-order chi connectivity index (χ0) is 14.4. The molecule has 0 atom stereocenters. The van der Waals surface area contributed by atoms with Crippen LogP contribution in [0.15, 0.2) is 59.4 Å². The third-order valence-corrected chi connectivity index (χ3v) is 3.95. The topological polar surface area (TPSA) is 29.9 Å². The summed E-state index contributed by atoms with van der Waals surface area (Å²) >= 11 is 0. The molecule has 21 heavy (non-hydrogen) atoms. The summed E-state index contributed by atoms with van der Waals surface area (Å²) in [5.41, 5.74) is 5.38. The van der Waals surface area contributed by atoms with E-state index in [1.807, 2.05) is 12.1 Å². The fourth-order valence-electron chi connectivity index (χ4n) is 2.86. The van der Waals surface area contributed by atoms with Gasteiger partial charge in [0.25, 0.3) is 0 Å². The lowest BCUT2D eigenvalue weighted by Gasteiger charge is -2.04. The van der Waals surface area contributed by atoms with Gasteiger partial charge in [-0.25, -0.2) is 4.57 Å². The van der Waals surface area contributed by atoms with Crippen LogP contribution in [0, 0.1) is 6.92 Å². The molecule has 4 aromatic rings. The van der Waals surface area contributed by atoms with Gasteiger partial charge in [-0.3, -0.25) is 4.98 Å². The summed E-state index contributed by atoms with van der Waals surface area (Å²) in [7, 11) is 2.07. The number of benzene rings is 1. The minimum Gasteiger partial charge on any atom is -0.454 e. The van der Waals surface area contributed by atoms with Gasteiger partial charge in [-0.05, 0) is 36.8 Å². The van der Waals surface area contributed by atoms with Crippen molar-refractivity contribution in [1.82, 2.24) is 4.98 Å². The van der Waals surface area contributed by atoms with Crippen molar-refractivity contribution in [2.75, 3.05) is 0 Å². The van der Waals surface area contributed by atoms with Crippen molar-refractivity contribution in [3.63, 3.8) is 0 Å². The number of aryl methyl sites for hydroxylation is 2. The van der Waals surface area contributed by atoms with Crippen LogP contribution in [0.4, 0.5) is 0 Å². The predicted octanol–water partition coefficient (Wildman–Crippen LogP) is 3.78. The highest BCUT2D eigenvalue weighted by atomic mass is 16.3. The minimum atomic E-state index is 0.835. The van der Waals surface area contributed by atoms with Crippen molar-refractivity contribution in [3.8, 4) is 11.3 Å². The Morgan fingerprint density at radius 3 is 2.81 bits per heavy atom. The van der Waals surface area contributed by atoms with Crippen molar-refractivity contribution in [2.45, 2.75) is 6.92 Å². The number of hydrogen-bond acceptors (Lipinski definition) is 2. The lowest BCUT2D eigenvalue weighted by molar-refractivity contribution is -0.660. The van der Waals surface area contributed by atoms with Crippen molar-refractivity contribution < 1.29 is 8.98 Å². The second-order valence-electron chi connectivity index (χ2n) is 5.33. The second kappa shape index (κ2) is 4.42. The average molecular weight is 275 g/mol. The van der Waals surface area contributed by atoms with Crippen LogP contribution in [-0.2, 0) is 7.05 Å². The monoisotopic (exact) mass is 275 g/mol. The van der Waals surface area contributed by atoms with Gasteiger partial charge in [0.15, 0.2) is 11.8 Å². The number of fused-ring (bicyclic) bond motifs is 3. The summed E-state index contributed by atoms with van der Waals surface area (Å²) in [5, 5.41) is 2.25. The van der Waals surface area contributed by atoms with E-state index < -0.39 is 0 Å². The molecule has 4 rings (SSSR count). The van der Waals surface area contributed by atoms with E-state index in [2.05, 4.69) is 54.0 Å². The van der Waals surface area contributed by atoms with E-state index in [-0.39, 0.29) is 0 Å². The molecule has 0 bridgehead atoms. The summed E-state index contributed by atoms with van der Waals surface area (Å²) < 4.78 is 8.02. The molecular formula is C18H15N2O+. The Hall–Kier alpha value is -2.68. The van der Waals surface area contributed by atoms with Gasteiger partial charge in [-0.2, -0.15) is 0 Å². The quantitative estimate of drug-likeness (QED) is 0.495. The maximum atomic E-state index is 5.89. The molecule has 0 spiro atoms. The summed E-state index contributed by atoms with van der Waals surface area (Å²) in [6, 6.07) is 12.6. The van der Waals surface area contributed by atoms with Crippen LogP contribution < -0.4 is 4.57 Å². The Morgan fingerprint density at radius 1 is 1.05 bits per heavy atom.